The van der Waals surface area contributed by atoms with Gasteiger partial charge in [-0.1, -0.05) is 42.4 Å². The summed E-state index contributed by atoms with van der Waals surface area (Å²) in [7, 11) is 5.71. The van der Waals surface area contributed by atoms with Crippen molar-refractivity contribution >= 4 is 53.9 Å². The molecule has 11 heteroatoms. The summed E-state index contributed by atoms with van der Waals surface area (Å²) < 4.78 is 18.4. The lowest BCUT2D eigenvalue weighted by Crippen LogP contribution is -2.47. The van der Waals surface area contributed by atoms with Crippen LogP contribution in [0.2, 0.25) is 0 Å². The molecule has 0 amide bonds. The topological polar surface area (TPSA) is 96.7 Å². The number of aromatic nitrogens is 2. The maximum atomic E-state index is 13.8. The van der Waals surface area contributed by atoms with Crippen LogP contribution in [0.4, 0.5) is 0 Å². The fourth-order valence-corrected chi connectivity index (χ4v) is 7.34. The van der Waals surface area contributed by atoms with Gasteiger partial charge in [0.1, 0.15) is 12.4 Å². The number of hydrogen-bond acceptors (Lipinski definition) is 9. The van der Waals surface area contributed by atoms with Gasteiger partial charge in [-0.2, -0.15) is 0 Å². The lowest BCUT2D eigenvalue weighted by molar-refractivity contribution is -0.189. The smallest absolute Gasteiger partial charge is 0.355 e. The highest BCUT2D eigenvalue weighted by Crippen LogP contribution is 2.42. The number of benzene rings is 1. The number of esters is 2. The van der Waals surface area contributed by atoms with E-state index in [9.17, 15) is 14.4 Å². The predicted octanol–water partition coefficient (Wildman–Crippen LogP) is 5.54. The van der Waals surface area contributed by atoms with Crippen LogP contribution in [0, 0.1) is 0 Å². The molecule has 2 aromatic heterocycles. The molecule has 5 rings (SSSR count). The highest BCUT2D eigenvalue weighted by atomic mass is 33.1. The average Bonchev–Trinajstić information content (AvgIpc) is 3.31. The largest absolute Gasteiger partial charge is 0.480 e. The number of carbonyl (C=O) groups is 2. The minimum absolute atomic E-state index is 0.154. The van der Waals surface area contributed by atoms with Crippen LogP contribution in [-0.2, 0) is 44.2 Å². The van der Waals surface area contributed by atoms with Gasteiger partial charge in [0.15, 0.2) is 0 Å². The maximum absolute atomic E-state index is 13.8. The molecule has 206 valence electrons. The summed E-state index contributed by atoms with van der Waals surface area (Å²) in [6.07, 6.45) is 1.73. The van der Waals surface area contributed by atoms with Crippen molar-refractivity contribution in [1.82, 2.24) is 9.55 Å². The number of fused-ring (bicyclic) bond motifs is 5. The molecule has 3 aromatic rings. The molecule has 2 aliphatic heterocycles. The Bertz CT molecular complexity index is 1520. The highest BCUT2D eigenvalue weighted by Gasteiger charge is 2.50. The van der Waals surface area contributed by atoms with Crippen LogP contribution in [0.25, 0.3) is 22.3 Å². The Morgan fingerprint density at radius 2 is 2.00 bits per heavy atom. The number of aryl methyl sites for hydroxylation is 1. The molecule has 0 aliphatic carbocycles. The third-order valence-electron chi connectivity index (χ3n) is 7.33. The molecule has 2 atom stereocenters. The van der Waals surface area contributed by atoms with E-state index in [-0.39, 0.29) is 25.0 Å². The molecule has 0 saturated carbocycles. The fourth-order valence-electron chi connectivity index (χ4n) is 5.44. The highest BCUT2D eigenvalue weighted by molar-refractivity contribution is 8.76. The SMILES string of the molecule is CCSSCCCC(=O)O[C@]1(CC)C(=O)OCc2c1cc1n(c2=O)Cc2c-1nc1ccc(OP)cc1c2CC. The normalized spacial score (nSPS) is 17.4. The van der Waals surface area contributed by atoms with Gasteiger partial charge in [-0.3, -0.25) is 9.59 Å². The number of rotatable bonds is 10. The number of cyclic esters (lactones) is 1. The third-order valence-corrected chi connectivity index (χ3v) is 10.2. The Morgan fingerprint density at radius 1 is 1.18 bits per heavy atom. The number of pyridine rings is 2. The molecule has 0 bridgehead atoms. The van der Waals surface area contributed by atoms with Crippen molar-refractivity contribution in [3.63, 3.8) is 0 Å². The van der Waals surface area contributed by atoms with Crippen molar-refractivity contribution in [2.75, 3.05) is 11.5 Å². The number of nitrogens with zero attached hydrogens (tertiary/aromatic N) is 2. The molecular weight excluding hydrogens is 555 g/mol. The van der Waals surface area contributed by atoms with Crippen LogP contribution in [0.3, 0.4) is 0 Å². The van der Waals surface area contributed by atoms with Gasteiger partial charge in [0.2, 0.25) is 5.60 Å². The van der Waals surface area contributed by atoms with E-state index >= 15 is 0 Å². The lowest BCUT2D eigenvalue weighted by Gasteiger charge is -2.35. The molecule has 4 heterocycles. The van der Waals surface area contributed by atoms with Gasteiger partial charge in [0, 0.05) is 34.4 Å². The predicted molar refractivity (Wildman–Crippen MR) is 158 cm³/mol. The molecule has 8 nitrogen and oxygen atoms in total. The van der Waals surface area contributed by atoms with E-state index in [0.29, 0.717) is 41.2 Å². The Hall–Kier alpha value is -2.55. The number of carbonyl (C=O) groups excluding carboxylic acids is 2. The van der Waals surface area contributed by atoms with E-state index in [1.165, 1.54) is 0 Å². The molecule has 0 radical (unpaired) electrons. The first-order valence-corrected chi connectivity index (χ1v) is 16.1. The van der Waals surface area contributed by atoms with Gasteiger partial charge in [-0.05, 0) is 49.1 Å². The minimum atomic E-state index is -1.66. The molecule has 1 aromatic carbocycles. The molecular formula is C28H31N2O6PS2. The second kappa shape index (κ2) is 11.5. The van der Waals surface area contributed by atoms with Gasteiger partial charge in [0.05, 0.1) is 38.5 Å². The molecule has 0 fully saturated rings. The van der Waals surface area contributed by atoms with E-state index in [4.69, 9.17) is 19.0 Å². The van der Waals surface area contributed by atoms with Crippen molar-refractivity contribution in [1.29, 1.82) is 0 Å². The van der Waals surface area contributed by atoms with Crippen LogP contribution < -0.4 is 10.1 Å². The van der Waals surface area contributed by atoms with Crippen molar-refractivity contribution in [2.24, 2.45) is 0 Å². The monoisotopic (exact) mass is 586 g/mol. The van der Waals surface area contributed by atoms with Crippen LogP contribution in [0.1, 0.15) is 62.3 Å². The Labute approximate surface area is 237 Å². The molecule has 39 heavy (non-hydrogen) atoms. The second-order valence-electron chi connectivity index (χ2n) is 9.44. The number of hydrogen-bond donors (Lipinski definition) is 0. The summed E-state index contributed by atoms with van der Waals surface area (Å²) in [5.74, 6) is 1.39. The zero-order valence-electron chi connectivity index (χ0n) is 22.2. The first-order valence-electron chi connectivity index (χ1n) is 13.1. The first kappa shape index (κ1) is 28.0. The Morgan fingerprint density at radius 3 is 2.72 bits per heavy atom. The zero-order chi connectivity index (χ0) is 27.7. The van der Waals surface area contributed by atoms with Crippen LogP contribution in [0.5, 0.6) is 5.75 Å². The summed E-state index contributed by atoms with van der Waals surface area (Å²) in [6, 6.07) is 7.52. The lowest BCUT2D eigenvalue weighted by atomic mass is 9.85. The molecule has 1 unspecified atom stereocenters. The van der Waals surface area contributed by atoms with Crippen LogP contribution in [0.15, 0.2) is 29.1 Å². The first-order chi connectivity index (χ1) is 18.9. The standard InChI is InChI=1S/C28H31N2O6PS2/c1-4-17-18-12-16(36-37)9-10-22(18)29-25-19(17)14-30-23(25)13-21-20(26(30)32)15-34-27(33)28(21,5-2)35-24(31)8-7-11-39-38-6-3/h9-10,12-13H,4-8,11,14-15,37H2,1-3H3/t28-/m0/s1. The summed E-state index contributed by atoms with van der Waals surface area (Å²) >= 11 is 0. The van der Waals surface area contributed by atoms with Gasteiger partial charge in [-0.25, -0.2) is 9.78 Å². The second-order valence-corrected chi connectivity index (χ2v) is 12.6. The van der Waals surface area contributed by atoms with Crippen molar-refractivity contribution in [2.45, 2.75) is 65.2 Å². The van der Waals surface area contributed by atoms with E-state index in [0.717, 1.165) is 40.0 Å². The van der Waals surface area contributed by atoms with E-state index in [2.05, 4.69) is 23.3 Å². The van der Waals surface area contributed by atoms with Gasteiger partial charge in [-0.15, -0.1) is 0 Å². The zero-order valence-corrected chi connectivity index (χ0v) is 25.0. The average molecular weight is 587 g/mol. The summed E-state index contributed by atoms with van der Waals surface area (Å²) in [5.41, 5.74) is 3.02. The summed E-state index contributed by atoms with van der Waals surface area (Å²) in [5, 5.41) is 0.979. The number of ether oxygens (including phenoxy) is 2. The molecule has 0 spiro atoms. The van der Waals surface area contributed by atoms with Gasteiger partial charge >= 0.3 is 11.9 Å². The van der Waals surface area contributed by atoms with Crippen LogP contribution in [-0.4, -0.2) is 33.0 Å². The van der Waals surface area contributed by atoms with Crippen molar-refractivity contribution in [3.8, 4) is 17.1 Å². The summed E-state index contributed by atoms with van der Waals surface area (Å²) in [4.78, 5) is 44.9. The van der Waals surface area contributed by atoms with E-state index in [1.807, 2.05) is 24.3 Å². The van der Waals surface area contributed by atoms with Gasteiger partial charge in [0.25, 0.3) is 5.56 Å². The Balaban J connectivity index is 1.59. The molecule has 2 aliphatic rings. The van der Waals surface area contributed by atoms with Gasteiger partial charge < -0.3 is 18.6 Å². The molecule has 0 saturated heterocycles. The fraction of sp³-hybridized carbons (Fsp3) is 0.429. The van der Waals surface area contributed by atoms with Crippen molar-refractivity contribution < 1.29 is 23.6 Å². The summed E-state index contributed by atoms with van der Waals surface area (Å²) in [6.45, 7) is 6.14. The van der Waals surface area contributed by atoms with Crippen molar-refractivity contribution in [3.05, 3.63) is 56.9 Å². The Kier molecular flexibility index (Phi) is 8.26. The van der Waals surface area contributed by atoms with Crippen LogP contribution >= 0.6 is 31.1 Å². The maximum Gasteiger partial charge on any atom is 0.355 e. The van der Waals surface area contributed by atoms with E-state index in [1.54, 1.807) is 33.1 Å². The third kappa shape index (κ3) is 4.85. The van der Waals surface area contributed by atoms with E-state index < -0.39 is 17.5 Å². The molecule has 0 N–H and O–H groups in total. The quantitative estimate of drug-likeness (QED) is 0.103. The minimum Gasteiger partial charge on any atom is -0.480 e.